The van der Waals surface area contributed by atoms with Crippen LogP contribution in [0.5, 0.6) is 0 Å². The molecular formula is C15H18FNS. The first-order chi connectivity index (χ1) is 8.79. The lowest BCUT2D eigenvalue weighted by Gasteiger charge is -2.04. The highest BCUT2D eigenvalue weighted by atomic mass is 32.1. The van der Waals surface area contributed by atoms with E-state index in [-0.39, 0.29) is 5.82 Å². The summed E-state index contributed by atoms with van der Waals surface area (Å²) in [5.74, 6) is -0.0764. The van der Waals surface area contributed by atoms with Crippen LogP contribution in [0.4, 0.5) is 4.39 Å². The SMILES string of the molecule is CCCc1c(CNC2CC2)sc2c(F)cccc12. The van der Waals surface area contributed by atoms with E-state index in [0.29, 0.717) is 6.04 Å². The first-order valence-electron chi connectivity index (χ1n) is 6.71. The third kappa shape index (κ3) is 2.29. The highest BCUT2D eigenvalue weighted by Crippen LogP contribution is 2.34. The van der Waals surface area contributed by atoms with Crippen molar-refractivity contribution >= 4 is 21.4 Å². The number of aryl methyl sites for hydroxylation is 1. The number of halogens is 1. The number of hydrogen-bond acceptors (Lipinski definition) is 2. The smallest absolute Gasteiger partial charge is 0.141 e. The normalized spacial score (nSPS) is 15.4. The summed E-state index contributed by atoms with van der Waals surface area (Å²) in [7, 11) is 0. The highest BCUT2D eigenvalue weighted by Gasteiger charge is 2.21. The molecule has 1 heterocycles. The van der Waals surface area contributed by atoms with Gasteiger partial charge in [0, 0.05) is 17.5 Å². The summed E-state index contributed by atoms with van der Waals surface area (Å²) >= 11 is 1.62. The predicted octanol–water partition coefficient (Wildman–Crippen LogP) is 4.24. The summed E-state index contributed by atoms with van der Waals surface area (Å²) in [6.45, 7) is 3.08. The Morgan fingerprint density at radius 1 is 1.39 bits per heavy atom. The summed E-state index contributed by atoms with van der Waals surface area (Å²) in [6.07, 6.45) is 4.74. The number of fused-ring (bicyclic) bond motifs is 1. The molecule has 2 aromatic rings. The molecule has 96 valence electrons. The molecule has 1 saturated carbocycles. The van der Waals surface area contributed by atoms with Gasteiger partial charge in [-0.2, -0.15) is 0 Å². The monoisotopic (exact) mass is 263 g/mol. The average molecular weight is 263 g/mol. The molecule has 1 aliphatic rings. The molecule has 0 radical (unpaired) electrons. The maximum atomic E-state index is 13.8. The zero-order valence-electron chi connectivity index (χ0n) is 10.6. The van der Waals surface area contributed by atoms with E-state index in [1.807, 2.05) is 6.07 Å². The van der Waals surface area contributed by atoms with Gasteiger partial charge in [0.15, 0.2) is 0 Å². The van der Waals surface area contributed by atoms with Gasteiger partial charge in [-0.25, -0.2) is 4.39 Å². The van der Waals surface area contributed by atoms with Crippen molar-refractivity contribution in [2.75, 3.05) is 0 Å². The molecule has 0 aliphatic heterocycles. The Labute approximate surface area is 111 Å². The van der Waals surface area contributed by atoms with Gasteiger partial charge in [0.2, 0.25) is 0 Å². The zero-order chi connectivity index (χ0) is 12.5. The van der Waals surface area contributed by atoms with Crippen molar-refractivity contribution in [3.8, 4) is 0 Å². The van der Waals surface area contributed by atoms with Crippen molar-refractivity contribution < 1.29 is 4.39 Å². The Morgan fingerprint density at radius 3 is 2.94 bits per heavy atom. The van der Waals surface area contributed by atoms with Crippen LogP contribution in [0, 0.1) is 5.82 Å². The fourth-order valence-corrected chi connectivity index (χ4v) is 3.58. The third-order valence-electron chi connectivity index (χ3n) is 3.48. The van der Waals surface area contributed by atoms with Crippen LogP contribution in [-0.4, -0.2) is 6.04 Å². The maximum Gasteiger partial charge on any atom is 0.141 e. The molecule has 1 fully saturated rings. The van der Waals surface area contributed by atoms with Crippen molar-refractivity contribution in [1.29, 1.82) is 0 Å². The Morgan fingerprint density at radius 2 is 2.22 bits per heavy atom. The van der Waals surface area contributed by atoms with Crippen LogP contribution in [0.3, 0.4) is 0 Å². The fraction of sp³-hybridized carbons (Fsp3) is 0.467. The molecule has 1 aliphatic carbocycles. The quantitative estimate of drug-likeness (QED) is 0.850. The van der Waals surface area contributed by atoms with Gasteiger partial charge >= 0.3 is 0 Å². The lowest BCUT2D eigenvalue weighted by Crippen LogP contribution is -2.15. The fourth-order valence-electron chi connectivity index (χ4n) is 2.38. The second-order valence-electron chi connectivity index (χ2n) is 5.03. The minimum absolute atomic E-state index is 0.0764. The molecule has 0 amide bonds. The minimum Gasteiger partial charge on any atom is -0.309 e. The van der Waals surface area contributed by atoms with Crippen molar-refractivity contribution in [3.05, 3.63) is 34.5 Å². The van der Waals surface area contributed by atoms with E-state index in [1.54, 1.807) is 17.4 Å². The molecule has 1 aromatic heterocycles. The highest BCUT2D eigenvalue weighted by molar-refractivity contribution is 7.19. The predicted molar refractivity (Wildman–Crippen MR) is 75.6 cm³/mol. The second kappa shape index (κ2) is 4.98. The van der Waals surface area contributed by atoms with Crippen LogP contribution in [0.2, 0.25) is 0 Å². The van der Waals surface area contributed by atoms with Gasteiger partial charge < -0.3 is 5.32 Å². The number of benzene rings is 1. The van der Waals surface area contributed by atoms with Crippen molar-refractivity contribution in [3.63, 3.8) is 0 Å². The molecule has 1 N–H and O–H groups in total. The third-order valence-corrected chi connectivity index (χ3v) is 4.74. The largest absolute Gasteiger partial charge is 0.309 e. The van der Waals surface area contributed by atoms with E-state index in [9.17, 15) is 4.39 Å². The summed E-state index contributed by atoms with van der Waals surface area (Å²) in [4.78, 5) is 1.32. The minimum atomic E-state index is -0.0764. The topological polar surface area (TPSA) is 12.0 Å². The lowest BCUT2D eigenvalue weighted by atomic mass is 10.1. The summed E-state index contributed by atoms with van der Waals surface area (Å²) in [5.41, 5.74) is 1.35. The molecule has 3 heteroatoms. The van der Waals surface area contributed by atoms with Gasteiger partial charge in [0.05, 0.1) is 4.70 Å². The number of nitrogens with one attached hydrogen (secondary N) is 1. The maximum absolute atomic E-state index is 13.8. The first-order valence-corrected chi connectivity index (χ1v) is 7.53. The Bertz CT molecular complexity index is 557. The van der Waals surface area contributed by atoms with Crippen molar-refractivity contribution in [2.24, 2.45) is 0 Å². The van der Waals surface area contributed by atoms with E-state index in [1.165, 1.54) is 23.3 Å². The van der Waals surface area contributed by atoms with Crippen molar-refractivity contribution in [1.82, 2.24) is 5.32 Å². The lowest BCUT2D eigenvalue weighted by molar-refractivity contribution is 0.641. The van der Waals surface area contributed by atoms with Gasteiger partial charge in [0.25, 0.3) is 0 Å². The number of thiophene rings is 1. The van der Waals surface area contributed by atoms with Crippen LogP contribution in [0.25, 0.3) is 10.1 Å². The zero-order valence-corrected chi connectivity index (χ0v) is 11.4. The van der Waals surface area contributed by atoms with E-state index < -0.39 is 0 Å². The first kappa shape index (κ1) is 12.1. The molecule has 0 unspecified atom stereocenters. The molecular weight excluding hydrogens is 245 g/mol. The molecule has 1 aromatic carbocycles. The van der Waals surface area contributed by atoms with Gasteiger partial charge in [-0.15, -0.1) is 11.3 Å². The summed E-state index contributed by atoms with van der Waals surface area (Å²) in [5, 5.41) is 4.66. The summed E-state index contributed by atoms with van der Waals surface area (Å²) in [6, 6.07) is 6.14. The van der Waals surface area contributed by atoms with E-state index >= 15 is 0 Å². The molecule has 1 nitrogen and oxygen atoms in total. The van der Waals surface area contributed by atoms with E-state index in [2.05, 4.69) is 18.3 Å². The van der Waals surface area contributed by atoms with Crippen molar-refractivity contribution in [2.45, 2.75) is 45.2 Å². The molecule has 0 spiro atoms. The average Bonchev–Trinajstić information content (AvgIpc) is 3.12. The van der Waals surface area contributed by atoms with Gasteiger partial charge in [-0.05, 0) is 36.3 Å². The van der Waals surface area contributed by atoms with E-state index in [0.717, 1.165) is 29.5 Å². The standard InChI is InChI=1S/C15H18FNS/c1-2-4-11-12-5-3-6-13(16)15(12)18-14(11)9-17-10-7-8-10/h3,5-6,10,17H,2,4,7-9H2,1H3. The van der Waals surface area contributed by atoms with Crippen LogP contribution in [-0.2, 0) is 13.0 Å². The molecule has 0 bridgehead atoms. The van der Waals surface area contributed by atoms with E-state index in [4.69, 9.17) is 0 Å². The summed E-state index contributed by atoms with van der Waals surface area (Å²) < 4.78 is 14.6. The number of rotatable bonds is 5. The Hall–Kier alpha value is -0.930. The molecule has 18 heavy (non-hydrogen) atoms. The second-order valence-corrected chi connectivity index (χ2v) is 6.13. The van der Waals surface area contributed by atoms with Gasteiger partial charge in [-0.3, -0.25) is 0 Å². The van der Waals surface area contributed by atoms with Crippen LogP contribution < -0.4 is 5.32 Å². The van der Waals surface area contributed by atoms with Crippen LogP contribution >= 0.6 is 11.3 Å². The van der Waals surface area contributed by atoms with Crippen LogP contribution in [0.1, 0.15) is 36.6 Å². The Balaban J connectivity index is 1.98. The number of hydrogen-bond donors (Lipinski definition) is 1. The molecule has 0 saturated heterocycles. The molecule has 0 atom stereocenters. The Kier molecular flexibility index (Phi) is 3.35. The van der Waals surface area contributed by atoms with Gasteiger partial charge in [-0.1, -0.05) is 25.5 Å². The molecule has 3 rings (SSSR count). The van der Waals surface area contributed by atoms with Crippen LogP contribution in [0.15, 0.2) is 18.2 Å². The van der Waals surface area contributed by atoms with Gasteiger partial charge in [0.1, 0.15) is 5.82 Å².